The molecule has 2 aromatic rings. The Hall–Kier alpha value is -2.10. The summed E-state index contributed by atoms with van der Waals surface area (Å²) in [5, 5.41) is 3.95. The van der Waals surface area contributed by atoms with E-state index in [-0.39, 0.29) is 11.9 Å². The van der Waals surface area contributed by atoms with Crippen molar-refractivity contribution in [2.24, 2.45) is 0 Å². The number of hydrogen-bond acceptors (Lipinski definition) is 3. The number of rotatable bonds is 7. The minimum absolute atomic E-state index is 0.115. The standard InChI is InChI=1S/C19H26N2O2/c1-5-12-21(18(6-2)16-10-8-7-9-11-16)19(22)13-17-14(3)20-23-15(17)4/h7-11,18H,5-6,12-13H2,1-4H3/t18-/m1/s1. The van der Waals surface area contributed by atoms with Gasteiger partial charge >= 0.3 is 0 Å². The molecule has 1 amide bonds. The molecule has 0 radical (unpaired) electrons. The van der Waals surface area contributed by atoms with Gasteiger partial charge in [-0.3, -0.25) is 4.79 Å². The summed E-state index contributed by atoms with van der Waals surface area (Å²) in [4.78, 5) is 14.9. The second kappa shape index (κ2) is 7.95. The van der Waals surface area contributed by atoms with Crippen LogP contribution in [0, 0.1) is 13.8 Å². The van der Waals surface area contributed by atoms with Gasteiger partial charge in [0.1, 0.15) is 5.76 Å². The second-order valence-corrected chi connectivity index (χ2v) is 5.90. The molecule has 0 bridgehead atoms. The molecule has 0 unspecified atom stereocenters. The Balaban J connectivity index is 2.24. The molecule has 1 atom stereocenters. The van der Waals surface area contributed by atoms with Crippen molar-refractivity contribution in [3.05, 3.63) is 52.9 Å². The average molecular weight is 314 g/mol. The lowest BCUT2D eigenvalue weighted by atomic mass is 10.0. The molecule has 0 fully saturated rings. The Morgan fingerprint density at radius 3 is 2.43 bits per heavy atom. The van der Waals surface area contributed by atoms with Gasteiger partial charge in [0.15, 0.2) is 0 Å². The highest BCUT2D eigenvalue weighted by Gasteiger charge is 2.25. The van der Waals surface area contributed by atoms with Gasteiger partial charge in [-0.2, -0.15) is 0 Å². The lowest BCUT2D eigenvalue weighted by Crippen LogP contribution is -2.36. The number of aromatic nitrogens is 1. The van der Waals surface area contributed by atoms with E-state index in [1.165, 1.54) is 5.56 Å². The highest BCUT2D eigenvalue weighted by molar-refractivity contribution is 5.79. The van der Waals surface area contributed by atoms with Crippen molar-refractivity contribution in [2.75, 3.05) is 6.54 Å². The van der Waals surface area contributed by atoms with Crippen LogP contribution in [0.1, 0.15) is 55.3 Å². The number of aryl methyl sites for hydroxylation is 2. The Labute approximate surface area is 138 Å². The van der Waals surface area contributed by atoms with Gasteiger partial charge in [0.05, 0.1) is 18.2 Å². The molecule has 0 aliphatic rings. The fourth-order valence-electron chi connectivity index (χ4n) is 3.01. The number of carbonyl (C=O) groups excluding carboxylic acids is 1. The molecule has 124 valence electrons. The Morgan fingerprint density at radius 2 is 1.91 bits per heavy atom. The SMILES string of the molecule is CCCN(C(=O)Cc1c(C)noc1C)[C@H](CC)c1ccccc1. The summed E-state index contributed by atoms with van der Waals surface area (Å²) in [6.45, 7) is 8.74. The van der Waals surface area contributed by atoms with Gasteiger partial charge in [-0.25, -0.2) is 0 Å². The molecule has 0 saturated carbocycles. The van der Waals surface area contributed by atoms with Gasteiger partial charge in [0.2, 0.25) is 5.91 Å². The smallest absolute Gasteiger partial charge is 0.227 e. The van der Waals surface area contributed by atoms with Crippen molar-refractivity contribution in [3.63, 3.8) is 0 Å². The van der Waals surface area contributed by atoms with E-state index in [1.54, 1.807) is 0 Å². The van der Waals surface area contributed by atoms with Crippen molar-refractivity contribution in [2.45, 2.75) is 53.0 Å². The van der Waals surface area contributed by atoms with Gasteiger partial charge in [-0.1, -0.05) is 49.3 Å². The lowest BCUT2D eigenvalue weighted by molar-refractivity contribution is -0.133. The fraction of sp³-hybridized carbons (Fsp3) is 0.474. The first-order valence-electron chi connectivity index (χ1n) is 8.34. The molecule has 0 saturated heterocycles. The molecule has 0 spiro atoms. The highest BCUT2D eigenvalue weighted by atomic mass is 16.5. The van der Waals surface area contributed by atoms with Crippen LogP contribution in [0.3, 0.4) is 0 Å². The molecular weight excluding hydrogens is 288 g/mol. The van der Waals surface area contributed by atoms with E-state index < -0.39 is 0 Å². The average Bonchev–Trinajstić information content (AvgIpc) is 2.87. The van der Waals surface area contributed by atoms with E-state index in [2.05, 4.69) is 31.1 Å². The van der Waals surface area contributed by atoms with Gasteiger partial charge in [-0.15, -0.1) is 0 Å². The summed E-state index contributed by atoms with van der Waals surface area (Å²) >= 11 is 0. The monoisotopic (exact) mass is 314 g/mol. The zero-order chi connectivity index (χ0) is 16.8. The number of carbonyl (C=O) groups is 1. The summed E-state index contributed by atoms with van der Waals surface area (Å²) in [7, 11) is 0. The molecule has 1 aromatic carbocycles. The maximum absolute atomic E-state index is 12.9. The normalized spacial score (nSPS) is 12.2. The predicted molar refractivity (Wildman–Crippen MR) is 91.2 cm³/mol. The molecule has 1 aromatic heterocycles. The first-order chi connectivity index (χ1) is 11.1. The van der Waals surface area contributed by atoms with Crippen molar-refractivity contribution < 1.29 is 9.32 Å². The summed E-state index contributed by atoms with van der Waals surface area (Å²) in [5.74, 6) is 0.872. The Morgan fingerprint density at radius 1 is 1.22 bits per heavy atom. The number of benzene rings is 1. The minimum atomic E-state index is 0.115. The maximum Gasteiger partial charge on any atom is 0.227 e. The van der Waals surface area contributed by atoms with E-state index in [9.17, 15) is 4.79 Å². The van der Waals surface area contributed by atoms with Crippen LogP contribution in [0.2, 0.25) is 0 Å². The molecule has 23 heavy (non-hydrogen) atoms. The highest BCUT2D eigenvalue weighted by Crippen LogP contribution is 2.26. The largest absolute Gasteiger partial charge is 0.361 e. The summed E-state index contributed by atoms with van der Waals surface area (Å²) in [6.07, 6.45) is 2.19. The van der Waals surface area contributed by atoms with Crippen molar-refractivity contribution in [1.29, 1.82) is 0 Å². The van der Waals surface area contributed by atoms with E-state index in [4.69, 9.17) is 4.52 Å². The zero-order valence-electron chi connectivity index (χ0n) is 14.5. The van der Waals surface area contributed by atoms with E-state index >= 15 is 0 Å². The first-order valence-corrected chi connectivity index (χ1v) is 8.34. The third kappa shape index (κ3) is 4.01. The van der Waals surface area contributed by atoms with Crippen molar-refractivity contribution in [1.82, 2.24) is 10.1 Å². The number of hydrogen-bond donors (Lipinski definition) is 0. The van der Waals surface area contributed by atoms with Crippen LogP contribution in [0.25, 0.3) is 0 Å². The van der Waals surface area contributed by atoms with Crippen LogP contribution in [-0.4, -0.2) is 22.5 Å². The summed E-state index contributed by atoms with van der Waals surface area (Å²) in [6, 6.07) is 10.4. The molecule has 4 heteroatoms. The summed E-state index contributed by atoms with van der Waals surface area (Å²) < 4.78 is 5.19. The fourth-order valence-corrected chi connectivity index (χ4v) is 3.01. The minimum Gasteiger partial charge on any atom is -0.361 e. The third-order valence-corrected chi connectivity index (χ3v) is 4.24. The van der Waals surface area contributed by atoms with Crippen molar-refractivity contribution in [3.8, 4) is 0 Å². The molecule has 0 aliphatic carbocycles. The lowest BCUT2D eigenvalue weighted by Gasteiger charge is -2.31. The van der Waals surface area contributed by atoms with Crippen LogP contribution >= 0.6 is 0 Å². The van der Waals surface area contributed by atoms with E-state index in [1.807, 2.05) is 36.9 Å². The topological polar surface area (TPSA) is 46.3 Å². The van der Waals surface area contributed by atoms with Gasteiger partial charge in [0, 0.05) is 12.1 Å². The van der Waals surface area contributed by atoms with Crippen LogP contribution in [-0.2, 0) is 11.2 Å². The van der Waals surface area contributed by atoms with Crippen LogP contribution in [0.5, 0.6) is 0 Å². The third-order valence-electron chi connectivity index (χ3n) is 4.24. The quantitative estimate of drug-likeness (QED) is 0.768. The predicted octanol–water partition coefficient (Wildman–Crippen LogP) is 4.22. The molecule has 4 nitrogen and oxygen atoms in total. The number of amides is 1. The number of nitrogens with zero attached hydrogens (tertiary/aromatic N) is 2. The Kier molecular flexibility index (Phi) is 5.97. The van der Waals surface area contributed by atoms with Crippen LogP contribution in [0.15, 0.2) is 34.9 Å². The van der Waals surface area contributed by atoms with Gasteiger partial charge in [0.25, 0.3) is 0 Å². The molecular formula is C19H26N2O2. The van der Waals surface area contributed by atoms with E-state index in [0.29, 0.717) is 6.42 Å². The van der Waals surface area contributed by atoms with E-state index in [0.717, 1.165) is 36.4 Å². The Bertz CT molecular complexity index is 615. The van der Waals surface area contributed by atoms with Gasteiger partial charge < -0.3 is 9.42 Å². The van der Waals surface area contributed by atoms with Crippen LogP contribution < -0.4 is 0 Å². The van der Waals surface area contributed by atoms with Crippen LogP contribution in [0.4, 0.5) is 0 Å². The zero-order valence-corrected chi connectivity index (χ0v) is 14.5. The molecule has 0 aliphatic heterocycles. The maximum atomic E-state index is 12.9. The molecule has 2 rings (SSSR count). The van der Waals surface area contributed by atoms with Gasteiger partial charge in [-0.05, 0) is 32.3 Å². The second-order valence-electron chi connectivity index (χ2n) is 5.90. The first kappa shape index (κ1) is 17.3. The molecule has 1 heterocycles. The van der Waals surface area contributed by atoms with Crippen molar-refractivity contribution >= 4 is 5.91 Å². The molecule has 0 N–H and O–H groups in total. The summed E-state index contributed by atoms with van der Waals surface area (Å²) in [5.41, 5.74) is 2.91.